The highest BCUT2D eigenvalue weighted by Crippen LogP contribution is 2.32. The Morgan fingerprint density at radius 1 is 1.14 bits per heavy atom. The Bertz CT molecular complexity index is 1060. The van der Waals surface area contributed by atoms with Gasteiger partial charge in [0, 0.05) is 30.7 Å². The maximum absolute atomic E-state index is 13.6. The van der Waals surface area contributed by atoms with Gasteiger partial charge in [0.05, 0.1) is 22.3 Å². The van der Waals surface area contributed by atoms with E-state index in [1.807, 2.05) is 49.2 Å². The summed E-state index contributed by atoms with van der Waals surface area (Å²) in [7, 11) is 1.93. The lowest BCUT2D eigenvalue weighted by Crippen LogP contribution is -2.48. The van der Waals surface area contributed by atoms with Crippen LogP contribution in [-0.2, 0) is 0 Å². The molecule has 1 aromatic carbocycles. The quantitative estimate of drug-likeness (QED) is 0.735. The lowest BCUT2D eigenvalue weighted by Gasteiger charge is -2.35. The highest BCUT2D eigenvalue weighted by molar-refractivity contribution is 6.07. The molecule has 1 N–H and O–H groups in total. The predicted molar refractivity (Wildman–Crippen MR) is 112 cm³/mol. The van der Waals surface area contributed by atoms with Gasteiger partial charge in [0.25, 0.3) is 11.6 Å². The Morgan fingerprint density at radius 3 is 2.52 bits per heavy atom. The highest BCUT2D eigenvalue weighted by atomic mass is 16.5. The predicted octanol–water partition coefficient (Wildman–Crippen LogP) is 3.86. The first kappa shape index (κ1) is 18.3. The first-order valence-corrected chi connectivity index (χ1v) is 10.4. The van der Waals surface area contributed by atoms with Gasteiger partial charge >= 0.3 is 0 Å². The number of rotatable bonds is 3. The van der Waals surface area contributed by atoms with Crippen molar-refractivity contribution in [3.05, 3.63) is 47.2 Å². The molecule has 6 nitrogen and oxygen atoms in total. The van der Waals surface area contributed by atoms with E-state index in [0.717, 1.165) is 29.5 Å². The van der Waals surface area contributed by atoms with E-state index in [4.69, 9.17) is 4.52 Å². The number of aryl methyl sites for hydroxylation is 2. The normalized spacial score (nSPS) is 23.5. The van der Waals surface area contributed by atoms with Gasteiger partial charge in [0.2, 0.25) is 0 Å². The molecule has 2 aliphatic heterocycles. The summed E-state index contributed by atoms with van der Waals surface area (Å²) in [5.41, 5.74) is 4.62. The van der Waals surface area contributed by atoms with Crippen LogP contribution < -0.4 is 5.32 Å². The molecule has 2 unspecified atom stereocenters. The average molecular weight is 390 g/mol. The minimum absolute atomic E-state index is 0.0170. The third-order valence-corrected chi connectivity index (χ3v) is 6.51. The van der Waals surface area contributed by atoms with Gasteiger partial charge < -0.3 is 14.7 Å². The molecule has 3 aromatic rings. The monoisotopic (exact) mass is 390 g/mol. The molecule has 2 atom stereocenters. The molecule has 2 aliphatic rings. The first-order chi connectivity index (χ1) is 14.0. The number of hydrogen-bond donors (Lipinski definition) is 1. The number of aromatic nitrogens is 2. The Morgan fingerprint density at radius 2 is 1.83 bits per heavy atom. The fraction of sp³-hybridized carbons (Fsp3) is 0.435. The zero-order chi connectivity index (χ0) is 20.1. The van der Waals surface area contributed by atoms with E-state index in [0.29, 0.717) is 29.1 Å². The van der Waals surface area contributed by atoms with Crippen molar-refractivity contribution in [1.29, 1.82) is 0 Å². The molecule has 150 valence electrons. The lowest BCUT2D eigenvalue weighted by molar-refractivity contribution is 0.0683. The molecule has 2 bridgehead atoms. The SMILES string of the molecule is Cc1ccc(-c2cc(C(=O)N(C)C3CC4CCC(C3)N4)c3c(C)noc3n2)cc1. The van der Waals surface area contributed by atoms with E-state index in [-0.39, 0.29) is 11.9 Å². The maximum Gasteiger partial charge on any atom is 0.259 e. The number of pyridine rings is 1. The number of fused-ring (bicyclic) bond motifs is 3. The average Bonchev–Trinajstić information content (AvgIpc) is 3.28. The van der Waals surface area contributed by atoms with Crippen LogP contribution in [0.3, 0.4) is 0 Å². The van der Waals surface area contributed by atoms with Crippen molar-refractivity contribution in [3.63, 3.8) is 0 Å². The summed E-state index contributed by atoms with van der Waals surface area (Å²) in [6, 6.07) is 11.4. The fourth-order valence-electron chi connectivity index (χ4n) is 4.83. The first-order valence-electron chi connectivity index (χ1n) is 10.4. The molecule has 2 fully saturated rings. The van der Waals surface area contributed by atoms with Crippen molar-refractivity contribution < 1.29 is 9.32 Å². The highest BCUT2D eigenvalue weighted by Gasteiger charge is 2.37. The van der Waals surface area contributed by atoms with Crippen LogP contribution in [0.5, 0.6) is 0 Å². The van der Waals surface area contributed by atoms with Gasteiger partial charge in [-0.1, -0.05) is 35.0 Å². The van der Waals surface area contributed by atoms with Crippen molar-refractivity contribution >= 4 is 17.0 Å². The molecule has 1 amide bonds. The second-order valence-corrected chi connectivity index (χ2v) is 8.55. The van der Waals surface area contributed by atoms with Crippen LogP contribution in [0.2, 0.25) is 0 Å². The van der Waals surface area contributed by atoms with Gasteiger partial charge in [-0.15, -0.1) is 0 Å². The Kier molecular flexibility index (Phi) is 4.39. The second kappa shape index (κ2) is 6.95. The molecule has 6 heteroatoms. The van der Waals surface area contributed by atoms with Crippen LogP contribution in [0.15, 0.2) is 34.9 Å². The van der Waals surface area contributed by atoms with Crippen LogP contribution >= 0.6 is 0 Å². The van der Waals surface area contributed by atoms with Gasteiger partial charge in [-0.25, -0.2) is 4.98 Å². The van der Waals surface area contributed by atoms with Crippen LogP contribution in [0.1, 0.15) is 47.3 Å². The van der Waals surface area contributed by atoms with Crippen LogP contribution in [0, 0.1) is 13.8 Å². The Labute approximate surface area is 170 Å². The van der Waals surface area contributed by atoms with Gasteiger partial charge in [-0.05, 0) is 45.6 Å². The molecular weight excluding hydrogens is 364 g/mol. The van der Waals surface area contributed by atoms with Crippen LogP contribution in [-0.4, -0.2) is 46.1 Å². The summed E-state index contributed by atoms with van der Waals surface area (Å²) < 4.78 is 5.45. The van der Waals surface area contributed by atoms with Gasteiger partial charge in [-0.3, -0.25) is 4.79 Å². The number of carbonyl (C=O) groups excluding carboxylic acids is 1. The molecule has 4 heterocycles. The summed E-state index contributed by atoms with van der Waals surface area (Å²) in [4.78, 5) is 20.1. The molecule has 0 spiro atoms. The summed E-state index contributed by atoms with van der Waals surface area (Å²) >= 11 is 0. The van der Waals surface area contributed by atoms with Gasteiger partial charge in [-0.2, -0.15) is 0 Å². The third-order valence-electron chi connectivity index (χ3n) is 6.51. The number of hydrogen-bond acceptors (Lipinski definition) is 5. The largest absolute Gasteiger partial charge is 0.339 e. The number of benzene rings is 1. The van der Waals surface area contributed by atoms with Crippen molar-refractivity contribution in [3.8, 4) is 11.3 Å². The molecule has 2 saturated heterocycles. The minimum Gasteiger partial charge on any atom is -0.339 e. The zero-order valence-electron chi connectivity index (χ0n) is 17.1. The minimum atomic E-state index is 0.0170. The number of nitrogens with zero attached hydrogens (tertiary/aromatic N) is 3. The molecular formula is C23H26N4O2. The molecule has 0 radical (unpaired) electrons. The van der Waals surface area contributed by atoms with E-state index in [2.05, 4.69) is 22.4 Å². The van der Waals surface area contributed by atoms with Crippen molar-refractivity contribution in [2.75, 3.05) is 7.05 Å². The van der Waals surface area contributed by atoms with Gasteiger partial charge in [0.1, 0.15) is 0 Å². The van der Waals surface area contributed by atoms with Crippen LogP contribution in [0.4, 0.5) is 0 Å². The van der Waals surface area contributed by atoms with Crippen molar-refractivity contribution in [2.24, 2.45) is 0 Å². The lowest BCUT2D eigenvalue weighted by atomic mass is 9.97. The maximum atomic E-state index is 13.6. The van der Waals surface area contributed by atoms with Crippen molar-refractivity contribution in [2.45, 2.75) is 57.7 Å². The van der Waals surface area contributed by atoms with E-state index < -0.39 is 0 Å². The van der Waals surface area contributed by atoms with E-state index in [9.17, 15) is 4.79 Å². The zero-order valence-corrected chi connectivity index (χ0v) is 17.1. The smallest absolute Gasteiger partial charge is 0.259 e. The summed E-state index contributed by atoms with van der Waals surface area (Å²) in [5, 5.41) is 8.44. The topological polar surface area (TPSA) is 71.3 Å². The third kappa shape index (κ3) is 3.21. The standard InChI is InChI=1S/C23H26N4O2/c1-13-4-6-15(7-5-13)20-12-19(21-14(2)26-29-22(21)25-20)23(28)27(3)18-10-16-8-9-17(11-18)24-16/h4-7,12,16-18,24H,8-11H2,1-3H3. The van der Waals surface area contributed by atoms with E-state index in [1.54, 1.807) is 0 Å². The second-order valence-electron chi connectivity index (χ2n) is 8.55. The van der Waals surface area contributed by atoms with Crippen LogP contribution in [0.25, 0.3) is 22.4 Å². The molecule has 5 rings (SSSR count). The Balaban J connectivity index is 1.54. The number of carbonyl (C=O) groups is 1. The summed E-state index contributed by atoms with van der Waals surface area (Å²) in [5.74, 6) is 0.0170. The fourth-order valence-corrected chi connectivity index (χ4v) is 4.83. The molecule has 2 aromatic heterocycles. The molecule has 29 heavy (non-hydrogen) atoms. The summed E-state index contributed by atoms with van der Waals surface area (Å²) in [6.45, 7) is 3.91. The Hall–Kier alpha value is -2.73. The molecule has 0 saturated carbocycles. The molecule has 0 aliphatic carbocycles. The van der Waals surface area contributed by atoms with Gasteiger partial charge in [0.15, 0.2) is 0 Å². The van der Waals surface area contributed by atoms with E-state index >= 15 is 0 Å². The number of nitrogens with one attached hydrogen (secondary N) is 1. The van der Waals surface area contributed by atoms with Crippen molar-refractivity contribution in [1.82, 2.24) is 20.4 Å². The number of piperidine rings is 1. The van der Waals surface area contributed by atoms with E-state index in [1.165, 1.54) is 18.4 Å². The summed E-state index contributed by atoms with van der Waals surface area (Å²) in [6.07, 6.45) is 4.46. The number of amides is 1.